The monoisotopic (exact) mass is 300 g/mol. The number of hydrogen-bond acceptors (Lipinski definition) is 3. The Morgan fingerprint density at radius 1 is 1.15 bits per heavy atom. The molecule has 20 heavy (non-hydrogen) atoms. The fourth-order valence-electron chi connectivity index (χ4n) is 1.64. The summed E-state index contributed by atoms with van der Waals surface area (Å²) < 4.78 is 130. The van der Waals surface area contributed by atoms with Crippen molar-refractivity contribution in [1.29, 1.82) is 0 Å². The molecule has 2 aromatic rings. The first kappa shape index (κ1) is 4.28. The molecule has 2 aromatic carbocycles. The first-order valence-electron chi connectivity index (χ1n) is 13.7. The van der Waals surface area contributed by atoms with Crippen molar-refractivity contribution in [2.24, 2.45) is 0 Å². The Morgan fingerprint density at radius 2 is 1.70 bits per heavy atom. The van der Waals surface area contributed by atoms with E-state index in [1.807, 2.05) is 0 Å². The van der Waals surface area contributed by atoms with Crippen molar-refractivity contribution in [3.05, 3.63) is 48.3 Å². The maximum absolute atomic E-state index is 8.90. The van der Waals surface area contributed by atoms with Crippen molar-refractivity contribution >= 4 is 23.1 Å². The molecule has 0 aromatic heterocycles. The van der Waals surface area contributed by atoms with E-state index in [-0.39, 0.29) is 14.7 Å². The van der Waals surface area contributed by atoms with Crippen LogP contribution in [-0.2, 0) is 0 Å². The van der Waals surface area contributed by atoms with Crippen LogP contribution in [0.15, 0.2) is 58.1 Å². The predicted octanol–water partition coefficient (Wildman–Crippen LogP) is 4.24. The van der Waals surface area contributed by atoms with Crippen LogP contribution in [0, 0.1) is 0 Å². The van der Waals surface area contributed by atoms with Gasteiger partial charge in [0.25, 0.3) is 0 Å². The number of nitrogens with zero attached hydrogens (tertiary/aromatic N) is 2. The molecule has 1 aliphatic rings. The summed E-state index contributed by atoms with van der Waals surface area (Å²) in [4.78, 5) is 0.0187. The fraction of sp³-hybridized carbons (Fsp3) is 0.294. The molecule has 104 valence electrons. The average molecular weight is 301 g/mol. The Balaban J connectivity index is 2.48. The maximum atomic E-state index is 8.90. The third-order valence-corrected chi connectivity index (χ3v) is 3.62. The topological polar surface area (TPSA) is 6.48 Å². The minimum atomic E-state index is -3.32. The van der Waals surface area contributed by atoms with Crippen molar-refractivity contribution in [2.45, 2.75) is 22.8 Å². The first-order valence-corrected chi connectivity index (χ1v) is 6.47. The standard InChI is InChI=1S/C17H20N2S/c1-13(18(2)3)12-19-14-8-4-6-10-16(14)20-17-11-7-5-9-15(17)19/h4-11,13H,12H2,1-3H3/i2D3,3D3,4D,5D,6D,7D,8D,9D,10D,11D,12D2. The fourth-order valence-corrected chi connectivity index (χ4v) is 2.53. The van der Waals surface area contributed by atoms with E-state index in [0.717, 1.165) is 6.92 Å². The Bertz CT molecular complexity index is 1150. The van der Waals surface area contributed by atoms with Crippen LogP contribution in [0.3, 0.4) is 0 Å². The number of benzene rings is 2. The summed E-state index contributed by atoms with van der Waals surface area (Å²) in [6.45, 7) is -8.75. The maximum Gasteiger partial charge on any atom is 0.0645 e. The molecule has 1 unspecified atom stereocenters. The van der Waals surface area contributed by atoms with Crippen molar-refractivity contribution in [2.75, 3.05) is 25.3 Å². The lowest BCUT2D eigenvalue weighted by atomic mass is 10.2. The van der Waals surface area contributed by atoms with E-state index >= 15 is 0 Å². The van der Waals surface area contributed by atoms with Gasteiger partial charge in [-0.15, -0.1) is 0 Å². The summed E-state index contributed by atoms with van der Waals surface area (Å²) in [7, 11) is 0. The van der Waals surface area contributed by atoms with Gasteiger partial charge in [0.1, 0.15) is 0 Å². The summed E-state index contributed by atoms with van der Waals surface area (Å²) in [5.74, 6) is 0. The van der Waals surface area contributed by atoms with E-state index < -0.39 is 86.2 Å². The van der Waals surface area contributed by atoms with Crippen LogP contribution < -0.4 is 4.90 Å². The van der Waals surface area contributed by atoms with Crippen molar-refractivity contribution in [3.8, 4) is 0 Å². The molecule has 2 nitrogen and oxygen atoms in total. The van der Waals surface area contributed by atoms with Gasteiger partial charge in [0.05, 0.1) is 25.1 Å². The van der Waals surface area contributed by atoms with Crippen molar-refractivity contribution in [3.63, 3.8) is 0 Å². The van der Waals surface area contributed by atoms with Gasteiger partial charge in [-0.2, -0.15) is 0 Å². The molecule has 0 saturated heterocycles. The van der Waals surface area contributed by atoms with Crippen LogP contribution in [0.2, 0.25) is 0 Å². The lowest BCUT2D eigenvalue weighted by molar-refractivity contribution is 0.319. The van der Waals surface area contributed by atoms with E-state index in [9.17, 15) is 0 Å². The molecule has 0 spiro atoms. The van der Waals surface area contributed by atoms with Crippen LogP contribution in [0.25, 0.3) is 0 Å². The number of rotatable bonds is 3. The largest absolute Gasteiger partial charge is 0.338 e. The average Bonchev–Trinajstić information content (AvgIpc) is 2.74. The summed E-state index contributed by atoms with van der Waals surface area (Å²) in [5.41, 5.74) is -1.01. The molecular weight excluding hydrogens is 264 g/mol. The van der Waals surface area contributed by atoms with Gasteiger partial charge in [0.2, 0.25) is 0 Å². The zero-order valence-corrected chi connectivity index (χ0v) is 11.2. The highest BCUT2D eigenvalue weighted by molar-refractivity contribution is 7.99. The molecule has 0 bridgehead atoms. The molecule has 1 atom stereocenters. The Morgan fingerprint density at radius 3 is 2.25 bits per heavy atom. The van der Waals surface area contributed by atoms with Crippen LogP contribution in [0.4, 0.5) is 11.4 Å². The second kappa shape index (κ2) is 5.51. The minimum Gasteiger partial charge on any atom is -0.338 e. The zero-order valence-electron chi connectivity index (χ0n) is 26.4. The smallest absolute Gasteiger partial charge is 0.0645 e. The SMILES string of the molecule is [2H]c1c([2H])c([2H])c2c(c1[2H])Sc1c([2H])c([2H])c([2H])c([2H])c1N2C([2H])([2H])C(C)N(C([2H])([2H])[2H])C([2H])([2H])[2H]. The molecular formula is C17H20N2S. The van der Waals surface area contributed by atoms with Gasteiger partial charge < -0.3 is 9.80 Å². The quantitative estimate of drug-likeness (QED) is 0.837. The second-order valence-corrected chi connectivity index (χ2v) is 4.99. The molecule has 1 aliphatic heterocycles. The lowest BCUT2D eigenvalue weighted by Crippen LogP contribution is -2.37. The first-order chi connectivity index (χ1) is 16.2. The minimum absolute atomic E-state index is 0.0293. The van der Waals surface area contributed by atoms with Crippen LogP contribution in [0.1, 0.15) is 28.9 Å². The summed E-state index contributed by atoms with van der Waals surface area (Å²) >= 11 is 0.595. The Kier molecular flexibility index (Phi) is 1.18. The molecule has 0 radical (unpaired) electrons. The van der Waals surface area contributed by atoms with Gasteiger partial charge >= 0.3 is 0 Å². The highest BCUT2D eigenvalue weighted by Gasteiger charge is 2.24. The number of anilines is 2. The van der Waals surface area contributed by atoms with Gasteiger partial charge in [-0.3, -0.25) is 0 Å². The third kappa shape index (κ3) is 2.43. The molecule has 0 fully saturated rings. The lowest BCUT2D eigenvalue weighted by Gasteiger charge is -2.36. The van der Waals surface area contributed by atoms with Gasteiger partial charge in [0.15, 0.2) is 0 Å². The van der Waals surface area contributed by atoms with E-state index in [0.29, 0.717) is 16.7 Å². The number of para-hydroxylation sites is 2. The highest BCUT2D eigenvalue weighted by Crippen LogP contribution is 2.47. The molecule has 3 heteroatoms. The van der Waals surface area contributed by atoms with E-state index in [2.05, 4.69) is 0 Å². The molecule has 3 rings (SSSR count). The number of fused-ring (bicyclic) bond motifs is 2. The zero-order chi connectivity index (χ0) is 27.9. The summed E-state index contributed by atoms with van der Waals surface area (Å²) in [6.07, 6.45) is 0. The van der Waals surface area contributed by atoms with Crippen LogP contribution >= 0.6 is 11.8 Å². The van der Waals surface area contributed by atoms with Crippen LogP contribution in [-0.4, -0.2) is 31.4 Å². The third-order valence-electron chi connectivity index (χ3n) is 2.62. The Labute approximate surface area is 147 Å². The van der Waals surface area contributed by atoms with E-state index in [1.54, 1.807) is 0 Å². The van der Waals surface area contributed by atoms with Gasteiger partial charge in [-0.05, 0) is 45.0 Å². The van der Waals surface area contributed by atoms with E-state index in [4.69, 9.17) is 21.9 Å². The molecule has 0 aliphatic carbocycles. The van der Waals surface area contributed by atoms with Crippen LogP contribution in [0.5, 0.6) is 0 Å². The summed E-state index contributed by atoms with van der Waals surface area (Å²) in [5, 5.41) is 0. The summed E-state index contributed by atoms with van der Waals surface area (Å²) in [6, 6.07) is -7.58. The van der Waals surface area contributed by atoms with Gasteiger partial charge in [0, 0.05) is 30.6 Å². The predicted molar refractivity (Wildman–Crippen MR) is 87.2 cm³/mol. The van der Waals surface area contributed by atoms with E-state index in [1.165, 1.54) is 0 Å². The van der Waals surface area contributed by atoms with Gasteiger partial charge in [-0.1, -0.05) is 35.9 Å². The molecule has 0 saturated carbocycles. The normalized spacial score (nSPS) is 28.4. The second-order valence-electron chi connectivity index (χ2n) is 3.97. The molecule has 0 amide bonds. The highest BCUT2D eigenvalue weighted by atomic mass is 32.2. The molecule has 1 heterocycles. The molecule has 0 N–H and O–H groups in total. The van der Waals surface area contributed by atoms with Crippen molar-refractivity contribution < 1.29 is 21.9 Å². The van der Waals surface area contributed by atoms with Crippen molar-refractivity contribution in [1.82, 2.24) is 4.90 Å². The van der Waals surface area contributed by atoms with Gasteiger partial charge in [-0.25, -0.2) is 0 Å². The number of likely N-dealkylation sites (N-methyl/N-ethyl adjacent to an activating group) is 1. The number of hydrogen-bond donors (Lipinski definition) is 0. The Hall–Kier alpha value is -1.45.